The van der Waals surface area contributed by atoms with Gasteiger partial charge in [0.1, 0.15) is 5.75 Å². The molecule has 0 bridgehead atoms. The lowest BCUT2D eigenvalue weighted by atomic mass is 10.1. The van der Waals surface area contributed by atoms with Crippen molar-refractivity contribution in [3.8, 4) is 5.75 Å². The first-order valence-corrected chi connectivity index (χ1v) is 8.80. The molecule has 0 fully saturated rings. The number of ether oxygens (including phenoxy) is 1. The van der Waals surface area contributed by atoms with Crippen LogP contribution in [0.25, 0.3) is 0 Å². The lowest BCUT2D eigenvalue weighted by molar-refractivity contribution is -0.387. The molecular formula is C16H18N2O5S. The van der Waals surface area contributed by atoms with Gasteiger partial charge in [-0.3, -0.25) is 14.8 Å². The second kappa shape index (κ2) is 7.31. The lowest BCUT2D eigenvalue weighted by Gasteiger charge is -2.10. The Balaban J connectivity index is 2.35. The zero-order valence-electron chi connectivity index (χ0n) is 13.4. The van der Waals surface area contributed by atoms with Gasteiger partial charge >= 0.3 is 0 Å². The second-order valence-electron chi connectivity index (χ2n) is 5.14. The summed E-state index contributed by atoms with van der Waals surface area (Å²) in [6, 6.07) is 10.5. The van der Waals surface area contributed by atoms with Gasteiger partial charge in [-0.2, -0.15) is 0 Å². The first-order chi connectivity index (χ1) is 11.4. The first-order valence-electron chi connectivity index (χ1n) is 7.31. The van der Waals surface area contributed by atoms with E-state index >= 15 is 0 Å². The fraction of sp³-hybridized carbons (Fsp3) is 0.250. The van der Waals surface area contributed by atoms with Crippen LogP contribution in [0.1, 0.15) is 18.9 Å². The van der Waals surface area contributed by atoms with Gasteiger partial charge in [0.2, 0.25) is 0 Å². The van der Waals surface area contributed by atoms with E-state index in [0.717, 1.165) is 30.5 Å². The minimum absolute atomic E-state index is 0.213. The molecule has 8 heteroatoms. The molecule has 0 atom stereocenters. The molecule has 128 valence electrons. The number of rotatable bonds is 7. The maximum Gasteiger partial charge on any atom is 0.293 e. The second-order valence-corrected chi connectivity index (χ2v) is 6.79. The summed E-state index contributed by atoms with van der Waals surface area (Å²) in [5, 5.41) is 11.2. The Labute approximate surface area is 140 Å². The predicted molar refractivity (Wildman–Crippen MR) is 90.9 cm³/mol. The van der Waals surface area contributed by atoms with Crippen molar-refractivity contribution in [2.24, 2.45) is 0 Å². The van der Waals surface area contributed by atoms with Gasteiger partial charge in [0.05, 0.1) is 18.1 Å². The van der Waals surface area contributed by atoms with Crippen LogP contribution in [0.5, 0.6) is 5.75 Å². The number of benzene rings is 2. The quantitative estimate of drug-likeness (QED) is 0.610. The largest absolute Gasteiger partial charge is 0.497 e. The Morgan fingerprint density at radius 3 is 2.38 bits per heavy atom. The molecule has 24 heavy (non-hydrogen) atoms. The maximum absolute atomic E-state index is 12.5. The monoisotopic (exact) mass is 350 g/mol. The number of aryl methyl sites for hydroxylation is 1. The van der Waals surface area contributed by atoms with Crippen LogP contribution in [0, 0.1) is 10.1 Å². The van der Waals surface area contributed by atoms with E-state index in [1.807, 2.05) is 12.1 Å². The number of nitro groups is 1. The van der Waals surface area contributed by atoms with E-state index in [9.17, 15) is 18.5 Å². The highest BCUT2D eigenvalue weighted by molar-refractivity contribution is 7.92. The smallest absolute Gasteiger partial charge is 0.293 e. The fourth-order valence-electron chi connectivity index (χ4n) is 2.23. The summed E-state index contributed by atoms with van der Waals surface area (Å²) in [7, 11) is -2.74. The number of sulfonamides is 1. The van der Waals surface area contributed by atoms with Crippen LogP contribution in [0.2, 0.25) is 0 Å². The summed E-state index contributed by atoms with van der Waals surface area (Å²) in [4.78, 5) is 10.0. The summed E-state index contributed by atoms with van der Waals surface area (Å²) >= 11 is 0. The third kappa shape index (κ3) is 4.02. The van der Waals surface area contributed by atoms with Crippen LogP contribution >= 0.6 is 0 Å². The zero-order chi connectivity index (χ0) is 17.7. The van der Waals surface area contributed by atoms with Crippen LogP contribution in [-0.2, 0) is 16.4 Å². The van der Waals surface area contributed by atoms with E-state index in [2.05, 4.69) is 11.6 Å². The highest BCUT2D eigenvalue weighted by atomic mass is 32.2. The Bertz CT molecular complexity index is 832. The van der Waals surface area contributed by atoms with Gasteiger partial charge in [-0.1, -0.05) is 25.5 Å². The van der Waals surface area contributed by atoms with Gasteiger partial charge in [0.15, 0.2) is 4.90 Å². The van der Waals surface area contributed by atoms with E-state index in [1.165, 1.54) is 13.2 Å². The van der Waals surface area contributed by atoms with Gasteiger partial charge in [-0.25, -0.2) is 8.42 Å². The SMILES string of the molecule is CCCc1ccc(NS(=O)(=O)c2ccc(OC)cc2[N+](=O)[O-])cc1. The van der Waals surface area contributed by atoms with Crippen molar-refractivity contribution in [2.45, 2.75) is 24.7 Å². The molecule has 7 nitrogen and oxygen atoms in total. The summed E-state index contributed by atoms with van der Waals surface area (Å²) < 4.78 is 32.2. The van der Waals surface area contributed by atoms with Crippen molar-refractivity contribution in [1.82, 2.24) is 0 Å². The average molecular weight is 350 g/mol. The van der Waals surface area contributed by atoms with Gasteiger partial charge < -0.3 is 4.74 Å². The van der Waals surface area contributed by atoms with Crippen molar-refractivity contribution in [2.75, 3.05) is 11.8 Å². The number of nitrogens with one attached hydrogen (secondary N) is 1. The molecule has 0 unspecified atom stereocenters. The van der Waals surface area contributed by atoms with Crippen molar-refractivity contribution >= 4 is 21.4 Å². The molecule has 2 aromatic carbocycles. The molecule has 0 aliphatic rings. The number of nitro benzene ring substituents is 1. The third-order valence-corrected chi connectivity index (χ3v) is 4.83. The Kier molecular flexibility index (Phi) is 5.40. The van der Waals surface area contributed by atoms with Crippen LogP contribution in [0.15, 0.2) is 47.4 Å². The van der Waals surface area contributed by atoms with Crippen molar-refractivity contribution < 1.29 is 18.1 Å². The Hall–Kier alpha value is -2.61. The average Bonchev–Trinajstić information content (AvgIpc) is 2.56. The van der Waals surface area contributed by atoms with Gasteiger partial charge in [0.25, 0.3) is 15.7 Å². The molecule has 0 saturated carbocycles. The van der Waals surface area contributed by atoms with Crippen molar-refractivity contribution in [3.63, 3.8) is 0 Å². The molecule has 0 amide bonds. The van der Waals surface area contributed by atoms with E-state index in [1.54, 1.807) is 12.1 Å². The molecule has 0 spiro atoms. The highest BCUT2D eigenvalue weighted by Gasteiger charge is 2.26. The molecular weight excluding hydrogens is 332 g/mol. The Morgan fingerprint density at radius 2 is 1.83 bits per heavy atom. The topological polar surface area (TPSA) is 98.5 Å². The van der Waals surface area contributed by atoms with E-state index in [0.29, 0.717) is 5.69 Å². The normalized spacial score (nSPS) is 11.1. The fourth-order valence-corrected chi connectivity index (χ4v) is 3.44. The number of methoxy groups -OCH3 is 1. The van der Waals surface area contributed by atoms with E-state index in [-0.39, 0.29) is 5.75 Å². The van der Waals surface area contributed by atoms with Crippen molar-refractivity contribution in [3.05, 3.63) is 58.1 Å². The molecule has 0 radical (unpaired) electrons. The minimum Gasteiger partial charge on any atom is -0.497 e. The van der Waals surface area contributed by atoms with Gasteiger partial charge in [0, 0.05) is 5.69 Å². The van der Waals surface area contributed by atoms with Crippen LogP contribution < -0.4 is 9.46 Å². The molecule has 0 aliphatic heterocycles. The van der Waals surface area contributed by atoms with Crippen molar-refractivity contribution in [1.29, 1.82) is 0 Å². The summed E-state index contributed by atoms with van der Waals surface area (Å²) in [6.45, 7) is 2.05. The molecule has 0 aliphatic carbocycles. The number of hydrogen-bond donors (Lipinski definition) is 1. The molecule has 2 rings (SSSR count). The standard InChI is InChI=1S/C16H18N2O5S/c1-3-4-12-5-7-13(8-6-12)17-24(21,22)16-10-9-14(23-2)11-15(16)18(19)20/h5-11,17H,3-4H2,1-2H3. The minimum atomic E-state index is -4.09. The summed E-state index contributed by atoms with van der Waals surface area (Å²) in [6.07, 6.45) is 1.89. The molecule has 0 heterocycles. The lowest BCUT2D eigenvalue weighted by Crippen LogP contribution is -2.14. The number of nitrogens with zero attached hydrogens (tertiary/aromatic N) is 1. The van der Waals surface area contributed by atoms with Gasteiger partial charge in [-0.15, -0.1) is 0 Å². The third-order valence-electron chi connectivity index (χ3n) is 3.40. The maximum atomic E-state index is 12.5. The van der Waals surface area contributed by atoms with Crippen LogP contribution in [0.4, 0.5) is 11.4 Å². The van der Waals surface area contributed by atoms with Gasteiger partial charge in [-0.05, 0) is 36.2 Å². The molecule has 0 aromatic heterocycles. The Morgan fingerprint density at radius 1 is 1.17 bits per heavy atom. The van der Waals surface area contributed by atoms with Crippen LogP contribution in [-0.4, -0.2) is 20.5 Å². The molecule has 2 aromatic rings. The van der Waals surface area contributed by atoms with E-state index < -0.39 is 25.5 Å². The van der Waals surface area contributed by atoms with E-state index in [4.69, 9.17) is 4.74 Å². The summed E-state index contributed by atoms with van der Waals surface area (Å²) in [5.74, 6) is 0.213. The summed E-state index contributed by atoms with van der Waals surface area (Å²) in [5.41, 5.74) is 0.903. The first kappa shape index (κ1) is 17.7. The number of hydrogen-bond acceptors (Lipinski definition) is 5. The van der Waals surface area contributed by atoms with Crippen LogP contribution in [0.3, 0.4) is 0 Å². The highest BCUT2D eigenvalue weighted by Crippen LogP contribution is 2.29. The molecule has 0 saturated heterocycles. The molecule has 1 N–H and O–H groups in total. The zero-order valence-corrected chi connectivity index (χ0v) is 14.2. The predicted octanol–water partition coefficient (Wildman–Crippen LogP) is 3.36. The number of anilines is 1.